The van der Waals surface area contributed by atoms with E-state index in [2.05, 4.69) is 10.3 Å². The molecular weight excluding hydrogens is 299 g/mol. The van der Waals surface area contributed by atoms with Gasteiger partial charge in [-0.2, -0.15) is 13.2 Å². The first kappa shape index (κ1) is 16.5. The summed E-state index contributed by atoms with van der Waals surface area (Å²) in [4.78, 5) is 17.2. The van der Waals surface area contributed by atoms with Gasteiger partial charge in [-0.15, -0.1) is 0 Å². The molecule has 1 aromatic heterocycles. The Bertz CT molecular complexity index is 519. The van der Waals surface area contributed by atoms with Crippen LogP contribution in [0, 0.1) is 5.92 Å². The number of hydrogen-bond acceptors (Lipinski definition) is 4. The first-order valence-electron chi connectivity index (χ1n) is 6.86. The molecule has 2 heterocycles. The van der Waals surface area contributed by atoms with Crippen LogP contribution in [-0.4, -0.2) is 44.2 Å². The Kier molecular flexibility index (Phi) is 4.90. The molecule has 0 aliphatic carbocycles. The number of halogens is 3. The van der Waals surface area contributed by atoms with E-state index in [1.807, 2.05) is 4.90 Å². The van der Waals surface area contributed by atoms with Crippen molar-refractivity contribution < 1.29 is 22.7 Å². The Morgan fingerprint density at radius 3 is 2.68 bits per heavy atom. The minimum Gasteiger partial charge on any atom is -0.379 e. The SMILES string of the molecule is CNC(=O)C[C@@H]1CN(c2ccc(C(F)(F)F)cn2)C[C@@H]1OC. The third kappa shape index (κ3) is 3.68. The van der Waals surface area contributed by atoms with Crippen LogP contribution in [0.25, 0.3) is 0 Å². The van der Waals surface area contributed by atoms with E-state index in [0.29, 0.717) is 25.3 Å². The number of pyridine rings is 1. The number of alkyl halides is 3. The zero-order chi connectivity index (χ0) is 16.3. The van der Waals surface area contributed by atoms with Gasteiger partial charge < -0.3 is 15.0 Å². The van der Waals surface area contributed by atoms with E-state index >= 15 is 0 Å². The highest BCUT2D eigenvalue weighted by molar-refractivity contribution is 5.76. The van der Waals surface area contributed by atoms with Crippen LogP contribution in [0.3, 0.4) is 0 Å². The molecule has 1 aromatic rings. The summed E-state index contributed by atoms with van der Waals surface area (Å²) in [6.45, 7) is 1.01. The lowest BCUT2D eigenvalue weighted by Crippen LogP contribution is -2.28. The first-order chi connectivity index (χ1) is 10.3. The van der Waals surface area contributed by atoms with Crippen molar-refractivity contribution in [1.82, 2.24) is 10.3 Å². The molecule has 2 atom stereocenters. The second-order valence-corrected chi connectivity index (χ2v) is 5.22. The molecule has 1 aliphatic heterocycles. The summed E-state index contributed by atoms with van der Waals surface area (Å²) in [6, 6.07) is 2.36. The second kappa shape index (κ2) is 6.51. The van der Waals surface area contributed by atoms with Crippen molar-refractivity contribution in [3.05, 3.63) is 23.9 Å². The fraction of sp³-hybridized carbons (Fsp3) is 0.571. The van der Waals surface area contributed by atoms with Gasteiger partial charge in [-0.25, -0.2) is 4.98 Å². The number of rotatable bonds is 4. The molecule has 0 bridgehead atoms. The summed E-state index contributed by atoms with van der Waals surface area (Å²) < 4.78 is 43.0. The Morgan fingerprint density at radius 2 is 2.18 bits per heavy atom. The molecule has 0 radical (unpaired) electrons. The molecule has 1 fully saturated rings. The molecule has 1 aliphatic rings. The maximum Gasteiger partial charge on any atom is 0.417 e. The lowest BCUT2D eigenvalue weighted by molar-refractivity contribution is -0.137. The minimum atomic E-state index is -4.40. The average molecular weight is 317 g/mol. The standard InChI is InChI=1S/C14H18F3N3O2/c1-18-13(21)5-9-7-20(8-11(9)22-2)12-4-3-10(6-19-12)14(15,16)17/h3-4,6,9,11H,5,7-8H2,1-2H3,(H,18,21)/t9-,11+/m1/s1. The van der Waals surface area contributed by atoms with Crippen molar-refractivity contribution in [2.45, 2.75) is 18.7 Å². The number of hydrogen-bond donors (Lipinski definition) is 1. The monoisotopic (exact) mass is 317 g/mol. The molecule has 1 saturated heterocycles. The molecule has 1 amide bonds. The van der Waals surface area contributed by atoms with Gasteiger partial charge in [0, 0.05) is 45.8 Å². The Balaban J connectivity index is 2.08. The summed E-state index contributed by atoms with van der Waals surface area (Å²) in [5.74, 6) is 0.345. The molecule has 0 unspecified atom stereocenters. The van der Waals surface area contributed by atoms with Crippen molar-refractivity contribution in [3.63, 3.8) is 0 Å². The van der Waals surface area contributed by atoms with Gasteiger partial charge in [-0.1, -0.05) is 0 Å². The third-order valence-electron chi connectivity index (χ3n) is 3.81. The molecule has 2 rings (SSSR count). The Labute approximate surface area is 126 Å². The summed E-state index contributed by atoms with van der Waals surface area (Å²) in [6.07, 6.45) is -3.41. The summed E-state index contributed by atoms with van der Waals surface area (Å²) in [7, 11) is 3.12. The Morgan fingerprint density at radius 1 is 1.45 bits per heavy atom. The van der Waals surface area contributed by atoms with Crippen molar-refractivity contribution >= 4 is 11.7 Å². The quantitative estimate of drug-likeness (QED) is 0.918. The topological polar surface area (TPSA) is 54.5 Å². The highest BCUT2D eigenvalue weighted by Gasteiger charge is 2.35. The van der Waals surface area contributed by atoms with Gasteiger partial charge in [-0.3, -0.25) is 4.79 Å². The van der Waals surface area contributed by atoms with Crippen molar-refractivity contribution in [1.29, 1.82) is 0 Å². The number of methoxy groups -OCH3 is 1. The first-order valence-corrected chi connectivity index (χ1v) is 6.86. The van der Waals surface area contributed by atoms with Gasteiger partial charge in [0.05, 0.1) is 11.7 Å². The zero-order valence-electron chi connectivity index (χ0n) is 12.4. The van der Waals surface area contributed by atoms with Gasteiger partial charge in [0.25, 0.3) is 0 Å². The van der Waals surface area contributed by atoms with Crippen LogP contribution in [0.2, 0.25) is 0 Å². The van der Waals surface area contributed by atoms with Gasteiger partial charge in [0.1, 0.15) is 5.82 Å². The normalized spacial score (nSPS) is 22.0. The van der Waals surface area contributed by atoms with Crippen molar-refractivity contribution in [2.75, 3.05) is 32.1 Å². The maximum atomic E-state index is 12.5. The third-order valence-corrected chi connectivity index (χ3v) is 3.81. The fourth-order valence-corrected chi connectivity index (χ4v) is 2.57. The largest absolute Gasteiger partial charge is 0.417 e. The molecule has 0 aromatic carbocycles. The summed E-state index contributed by atoms with van der Waals surface area (Å²) in [5.41, 5.74) is -0.777. The lowest BCUT2D eigenvalue weighted by Gasteiger charge is -2.17. The van der Waals surface area contributed by atoms with Gasteiger partial charge in [-0.05, 0) is 12.1 Å². The Hall–Kier alpha value is -1.83. The predicted molar refractivity (Wildman–Crippen MR) is 74.4 cm³/mol. The molecule has 0 spiro atoms. The number of nitrogens with one attached hydrogen (secondary N) is 1. The molecular formula is C14H18F3N3O2. The van der Waals surface area contributed by atoms with Crippen molar-refractivity contribution in [3.8, 4) is 0 Å². The second-order valence-electron chi connectivity index (χ2n) is 5.22. The van der Waals surface area contributed by atoms with Gasteiger partial charge in [0.15, 0.2) is 0 Å². The number of anilines is 1. The smallest absolute Gasteiger partial charge is 0.379 e. The van der Waals surface area contributed by atoms with Crippen LogP contribution in [0.15, 0.2) is 18.3 Å². The predicted octanol–water partition coefficient (Wildman–Crippen LogP) is 1.69. The lowest BCUT2D eigenvalue weighted by atomic mass is 10.0. The molecule has 5 nitrogen and oxygen atoms in total. The van der Waals surface area contributed by atoms with E-state index in [4.69, 9.17) is 4.74 Å². The van der Waals surface area contributed by atoms with E-state index in [1.54, 1.807) is 14.2 Å². The highest BCUT2D eigenvalue weighted by atomic mass is 19.4. The van der Waals surface area contributed by atoms with E-state index in [9.17, 15) is 18.0 Å². The van der Waals surface area contributed by atoms with E-state index in [-0.39, 0.29) is 17.9 Å². The summed E-state index contributed by atoms with van der Waals surface area (Å²) in [5, 5.41) is 2.56. The number of carbonyl (C=O) groups is 1. The van der Waals surface area contributed by atoms with Crippen LogP contribution < -0.4 is 10.2 Å². The van der Waals surface area contributed by atoms with Crippen LogP contribution in [0.4, 0.5) is 19.0 Å². The summed E-state index contributed by atoms with van der Waals surface area (Å²) >= 11 is 0. The number of aromatic nitrogens is 1. The number of carbonyl (C=O) groups excluding carboxylic acids is 1. The van der Waals surface area contributed by atoms with E-state index in [0.717, 1.165) is 12.3 Å². The van der Waals surface area contributed by atoms with Crippen LogP contribution in [0.5, 0.6) is 0 Å². The van der Waals surface area contributed by atoms with Crippen molar-refractivity contribution in [2.24, 2.45) is 5.92 Å². The molecule has 1 N–H and O–H groups in total. The number of nitrogens with zero attached hydrogens (tertiary/aromatic N) is 2. The van der Waals surface area contributed by atoms with Crippen LogP contribution in [-0.2, 0) is 15.7 Å². The fourth-order valence-electron chi connectivity index (χ4n) is 2.57. The van der Waals surface area contributed by atoms with Gasteiger partial charge in [0.2, 0.25) is 5.91 Å². The molecule has 122 valence electrons. The number of ether oxygens (including phenoxy) is 1. The average Bonchev–Trinajstić information content (AvgIpc) is 2.89. The minimum absolute atomic E-state index is 0.0194. The van der Waals surface area contributed by atoms with E-state index < -0.39 is 11.7 Å². The molecule has 22 heavy (non-hydrogen) atoms. The van der Waals surface area contributed by atoms with Crippen LogP contribution in [0.1, 0.15) is 12.0 Å². The number of amides is 1. The van der Waals surface area contributed by atoms with Crippen LogP contribution >= 0.6 is 0 Å². The van der Waals surface area contributed by atoms with E-state index in [1.165, 1.54) is 6.07 Å². The maximum absolute atomic E-state index is 12.5. The molecule has 0 saturated carbocycles. The van der Waals surface area contributed by atoms with Gasteiger partial charge >= 0.3 is 6.18 Å². The molecule has 8 heteroatoms. The zero-order valence-corrected chi connectivity index (χ0v) is 12.4. The highest BCUT2D eigenvalue weighted by Crippen LogP contribution is 2.31.